The molecule has 0 aliphatic carbocycles. The molecule has 0 aromatic heterocycles. The largest absolute Gasteiger partial charge is 0.484 e. The molecule has 11 rings (SSSR count). The van der Waals surface area contributed by atoms with E-state index in [1.807, 2.05) is 0 Å². The molecule has 9 saturated heterocycles. The summed E-state index contributed by atoms with van der Waals surface area (Å²) >= 11 is 0. The maximum atomic E-state index is 13.6. The van der Waals surface area contributed by atoms with Gasteiger partial charge in [-0.05, 0) is 67.1 Å². The minimum atomic E-state index is -2.09. The topological polar surface area (TPSA) is 915 Å². The summed E-state index contributed by atoms with van der Waals surface area (Å²) in [6, 6.07) is 4.68. The lowest BCUT2D eigenvalue weighted by atomic mass is 9.95. The maximum Gasteiger partial charge on any atom is 0.257 e. The lowest BCUT2D eigenvalue weighted by Crippen LogP contribution is -2.68. The van der Waals surface area contributed by atoms with Crippen molar-refractivity contribution in [1.29, 1.82) is 0 Å². The van der Waals surface area contributed by atoms with Crippen LogP contribution in [-0.2, 0) is 114 Å². The summed E-state index contributed by atoms with van der Waals surface area (Å²) in [6.45, 7) is -6.22. The Morgan fingerprint density at radius 3 is 0.730 bits per heavy atom. The molecule has 27 unspecified atom stereocenters. The first-order valence-corrected chi connectivity index (χ1v) is 47.7. The van der Waals surface area contributed by atoms with Crippen molar-refractivity contribution in [2.45, 2.75) is 323 Å². The Hall–Kier alpha value is -7.14. The molecular weight excluding hydrogens is 2000 g/mol. The molecule has 60 nitrogen and oxygen atoms in total. The van der Waals surface area contributed by atoms with Gasteiger partial charge in [0.1, 0.15) is 237 Å². The van der Waals surface area contributed by atoms with E-state index in [0.29, 0.717) is 16.7 Å². The Kier molecular flexibility index (Phi) is 46.5. The van der Waals surface area contributed by atoms with E-state index in [0.717, 1.165) is 20.8 Å². The van der Waals surface area contributed by atoms with Gasteiger partial charge in [-0.25, -0.2) is 0 Å². The molecule has 33 N–H and O–H groups in total. The van der Waals surface area contributed by atoms with Gasteiger partial charge >= 0.3 is 0 Å². The summed E-state index contributed by atoms with van der Waals surface area (Å²) in [5, 5.41) is 304. The Morgan fingerprint density at radius 2 is 0.480 bits per heavy atom. The normalized spacial score (nSPS) is 39.7. The van der Waals surface area contributed by atoms with E-state index in [4.69, 9.17) is 99.5 Å². The first kappa shape index (κ1) is 121. The maximum absolute atomic E-state index is 13.6. The van der Waals surface area contributed by atoms with Crippen molar-refractivity contribution in [2.75, 3.05) is 119 Å². The van der Waals surface area contributed by atoms with Crippen molar-refractivity contribution in [2.24, 2.45) is 0 Å². The molecule has 9 aliphatic rings. The van der Waals surface area contributed by atoms with Crippen LogP contribution in [0.15, 0.2) is 36.4 Å². The third-order valence-corrected chi connectivity index (χ3v) is 25.6. The predicted molar refractivity (Wildman–Crippen MR) is 476 cm³/mol. The quantitative estimate of drug-likeness (QED) is 0.0274. The first-order chi connectivity index (χ1) is 70.5. The summed E-state index contributed by atoms with van der Waals surface area (Å²) in [5.41, 5.74) is 1.30. The number of ether oxygens (including phenoxy) is 21. The summed E-state index contributed by atoms with van der Waals surface area (Å²) in [6.07, 6.45) is -75.7. The van der Waals surface area contributed by atoms with Crippen LogP contribution in [0.3, 0.4) is 0 Å². The second-order valence-corrected chi connectivity index (χ2v) is 36.5. The zero-order valence-electron chi connectivity index (χ0n) is 80.4. The highest BCUT2D eigenvalue weighted by Crippen LogP contribution is 2.41. The number of benzene rings is 2. The van der Waals surface area contributed by atoms with Crippen LogP contribution in [0.4, 0.5) is 0 Å². The standard InChI is InChI=1S/C88H138N6O54/c1-32-14-36(16-38(15-32)131-29-50(107)89-8-5-11-128-80-53(92-33(2)104)62(116)74(47(26-101)140-80)143-86-71(125)77(59(113)44(23-98)137-86)146-83-68(122)65(119)56(110)41(20-95)134-83)37-17-39(132-30-51(108)90-9-6-12-129-81-54(93-34(3)105)63(117)75(48(27-102)141-81)144-87-72(126)78(60(114)45(24-99)138-87)147-84-69(123)66(120)57(111)42(21-96)135-84)19-40(18-37)133-31-52(109)91-10-7-13-130-82-55(94-35(4)106)64(118)76(49(28-103)142-82)145-88-73(127)79(61(115)46(25-100)139-88)148-85-70(124)67(121)58(112)43(22-97)136-85/h14-19,41-49,53-88,95-103,110-127H,5-13,20-31H2,1-4H3,(H,89,107)(H,90,108)(H,91,109)(H,92,104)(H,93,105)(H,94,106)/t41?,42?,43?,44?,45?,46?,47?,48?,49?,53?,54?,55?,56-,57-,58-,59-,60-,61-,62?,63?,64?,65?,66?,67?,68?,69?,70?,71?,72?,73?,74+,75+,76+,77?,78?,79?,80+,81+,82+,83+,84+,85+,86-,87-,88-/m0/s1. The van der Waals surface area contributed by atoms with E-state index in [1.54, 1.807) is 19.1 Å². The first-order valence-electron chi connectivity index (χ1n) is 47.7. The minimum absolute atomic E-state index is 0.00675. The third kappa shape index (κ3) is 30.6. The lowest BCUT2D eigenvalue weighted by Gasteiger charge is -2.48. The molecule has 2 aromatic rings. The van der Waals surface area contributed by atoms with Gasteiger partial charge in [-0.3, -0.25) is 28.8 Å². The third-order valence-electron chi connectivity index (χ3n) is 25.6. The van der Waals surface area contributed by atoms with Crippen molar-refractivity contribution < 1.29 is 266 Å². The fourth-order valence-corrected chi connectivity index (χ4v) is 17.7. The van der Waals surface area contributed by atoms with Crippen LogP contribution in [0.1, 0.15) is 45.6 Å². The van der Waals surface area contributed by atoms with Gasteiger partial charge in [-0.1, -0.05) is 6.07 Å². The van der Waals surface area contributed by atoms with Crippen LogP contribution in [0.5, 0.6) is 17.2 Å². The summed E-state index contributed by atoms with van der Waals surface area (Å²) in [7, 11) is 0. The van der Waals surface area contributed by atoms with E-state index >= 15 is 0 Å². The number of hydrogen-bond donors (Lipinski definition) is 33. The minimum Gasteiger partial charge on any atom is -0.484 e. The Morgan fingerprint density at radius 1 is 0.257 bits per heavy atom. The Bertz CT molecular complexity index is 4270. The molecule has 0 spiro atoms. The number of amides is 6. The summed E-state index contributed by atoms with van der Waals surface area (Å²) < 4.78 is 121. The van der Waals surface area contributed by atoms with Gasteiger partial charge in [0.2, 0.25) is 17.7 Å². The monoisotopic (exact) mass is 2140 g/mol. The van der Waals surface area contributed by atoms with Crippen LogP contribution in [-0.4, -0.2) is 568 Å². The molecule has 60 heteroatoms. The van der Waals surface area contributed by atoms with Gasteiger partial charge in [-0.15, -0.1) is 0 Å². The molecule has 6 amide bonds. The fraction of sp³-hybridized carbons (Fsp3) is 0.795. The van der Waals surface area contributed by atoms with Gasteiger partial charge in [-0.2, -0.15) is 0 Å². The highest BCUT2D eigenvalue weighted by Gasteiger charge is 2.60. The van der Waals surface area contributed by atoms with E-state index in [9.17, 15) is 167 Å². The van der Waals surface area contributed by atoms with Crippen LogP contribution in [0.25, 0.3) is 11.1 Å². The number of carbonyl (C=O) groups excluding carboxylic acids is 6. The van der Waals surface area contributed by atoms with Crippen LogP contribution >= 0.6 is 0 Å². The fourth-order valence-electron chi connectivity index (χ4n) is 17.7. The molecule has 0 saturated carbocycles. The van der Waals surface area contributed by atoms with E-state index in [-0.39, 0.29) is 76.0 Å². The van der Waals surface area contributed by atoms with Gasteiger partial charge in [0.25, 0.3) is 17.7 Å². The van der Waals surface area contributed by atoms with Gasteiger partial charge in [0.15, 0.2) is 76.4 Å². The Labute approximate surface area is 842 Å². The average Bonchev–Trinajstić information content (AvgIpc) is 0.774. The van der Waals surface area contributed by atoms with Crippen molar-refractivity contribution in [1.82, 2.24) is 31.9 Å². The number of aliphatic hydroxyl groups is 27. The van der Waals surface area contributed by atoms with Gasteiger partial charge in [0.05, 0.1) is 79.3 Å². The molecule has 45 atom stereocenters. The van der Waals surface area contributed by atoms with E-state index < -0.39 is 391 Å². The SMILES string of the molecule is CC(=O)NC1C(O)[C@H](O[C@@H]2OC(CO)[C@H](O)C(O[C@H]3OC(CO)[C@H](O)C(O)C3O)C2O)C(CO)O[C@H]1OCCCNC(=O)COc1cc(C)cc(-c2cc(OCC(=O)NCCCO[C@@H]3OC(CO)[C@@H](O[C@@H]4OC(CO)[C@H](O)C(O[C@H]5OC(CO)[C@H](O)C(O)C5O)C4O)C(O)C3NC(C)=O)cc(OCC(=O)NCCCO[C@@H]3OC(CO)[C@@H](O[C@@H]4OC(CO)[C@H](O)C(O[C@H]5OC(CO)[C@H](O)C(O)C5O)C4O)C(O)C3NC(C)=O)c2)c1. The number of aryl methyl sites for hydroxylation is 1. The highest BCUT2D eigenvalue weighted by atomic mass is 16.8. The number of hydrogen-bond acceptors (Lipinski definition) is 54. The van der Waals surface area contributed by atoms with Crippen LogP contribution in [0, 0.1) is 6.92 Å². The number of aliphatic hydroxyl groups excluding tert-OH is 27. The molecule has 0 radical (unpaired) electrons. The summed E-state index contributed by atoms with van der Waals surface area (Å²) in [5.74, 6) is -4.11. The second-order valence-electron chi connectivity index (χ2n) is 36.5. The van der Waals surface area contributed by atoms with Crippen molar-refractivity contribution >= 4 is 35.4 Å². The average molecular weight is 2140 g/mol. The molecule has 0 bridgehead atoms. The molecular formula is C88H138N6O54. The molecule has 148 heavy (non-hydrogen) atoms. The van der Waals surface area contributed by atoms with Crippen molar-refractivity contribution in [3.8, 4) is 28.4 Å². The van der Waals surface area contributed by atoms with E-state index in [1.165, 1.54) is 24.3 Å². The zero-order valence-corrected chi connectivity index (χ0v) is 80.4. The highest BCUT2D eigenvalue weighted by molar-refractivity contribution is 5.79. The van der Waals surface area contributed by atoms with Crippen LogP contribution < -0.4 is 46.1 Å². The molecule has 9 fully saturated rings. The summed E-state index contributed by atoms with van der Waals surface area (Å²) in [4.78, 5) is 78.5. The molecule has 2 aromatic carbocycles. The zero-order chi connectivity index (χ0) is 108. The smallest absolute Gasteiger partial charge is 0.257 e. The van der Waals surface area contributed by atoms with Crippen molar-refractivity contribution in [3.63, 3.8) is 0 Å². The van der Waals surface area contributed by atoms with Gasteiger partial charge in [0, 0.05) is 46.5 Å². The second kappa shape index (κ2) is 56.8. The molecule has 844 valence electrons. The van der Waals surface area contributed by atoms with Crippen molar-refractivity contribution in [3.05, 3.63) is 42.0 Å². The number of nitrogens with one attached hydrogen (secondary N) is 6. The predicted octanol–water partition coefficient (Wildman–Crippen LogP) is -18.9. The van der Waals surface area contributed by atoms with Gasteiger partial charge < -0.3 is 269 Å². The Balaban J connectivity index is 0.703. The molecule has 9 heterocycles. The number of carbonyl (C=O) groups is 6. The lowest BCUT2D eigenvalue weighted by molar-refractivity contribution is -0.376. The van der Waals surface area contributed by atoms with Crippen LogP contribution in [0.2, 0.25) is 0 Å². The molecule has 9 aliphatic heterocycles. The number of rotatable bonds is 49. The van der Waals surface area contributed by atoms with E-state index in [2.05, 4.69) is 31.9 Å².